The zero-order valence-corrected chi connectivity index (χ0v) is 13.2. The minimum absolute atomic E-state index is 0.179. The van der Waals surface area contributed by atoms with E-state index in [-0.39, 0.29) is 5.41 Å². The minimum Gasteiger partial charge on any atom is -0.312 e. The van der Waals surface area contributed by atoms with Crippen molar-refractivity contribution in [1.82, 2.24) is 10.2 Å². The molecule has 0 saturated heterocycles. The molecule has 0 aliphatic rings. The molecule has 0 fully saturated rings. The first-order valence-corrected chi connectivity index (χ1v) is 7.50. The Morgan fingerprint density at radius 3 is 2.21 bits per heavy atom. The summed E-state index contributed by atoms with van der Waals surface area (Å²) in [4.78, 5) is 2.47. The molecule has 2 nitrogen and oxygen atoms in total. The van der Waals surface area contributed by atoms with Gasteiger partial charge in [-0.05, 0) is 25.6 Å². The predicted octanol–water partition coefficient (Wildman–Crippen LogP) is 3.28. The topological polar surface area (TPSA) is 15.3 Å². The molecule has 0 radical (unpaired) electrons. The molecule has 2 heteroatoms. The zero-order valence-electron chi connectivity index (χ0n) is 13.2. The molecule has 108 valence electrons. The maximum absolute atomic E-state index is 3.68. The van der Waals surface area contributed by atoms with Crippen molar-refractivity contribution in [3.63, 3.8) is 0 Å². The molecule has 0 aromatic heterocycles. The van der Waals surface area contributed by atoms with Crippen LogP contribution in [0.2, 0.25) is 0 Å². The Bertz CT molecular complexity index is 342. The maximum atomic E-state index is 3.68. The van der Waals surface area contributed by atoms with Gasteiger partial charge in [-0.3, -0.25) is 0 Å². The molecule has 1 rings (SSSR count). The molecule has 19 heavy (non-hydrogen) atoms. The maximum Gasteiger partial charge on any atom is 0.0167 e. The number of benzene rings is 1. The van der Waals surface area contributed by atoms with Gasteiger partial charge in [-0.2, -0.15) is 0 Å². The summed E-state index contributed by atoms with van der Waals surface area (Å²) in [6, 6.07) is 11.3. The van der Waals surface area contributed by atoms with Crippen molar-refractivity contribution in [3.05, 3.63) is 35.9 Å². The molecule has 0 saturated carbocycles. The van der Waals surface area contributed by atoms with Crippen molar-refractivity contribution in [2.45, 2.75) is 46.1 Å². The Morgan fingerprint density at radius 2 is 1.68 bits per heavy atom. The zero-order chi connectivity index (χ0) is 14.3. The van der Waals surface area contributed by atoms with Crippen LogP contribution in [-0.2, 0) is 5.41 Å². The molecule has 0 amide bonds. The van der Waals surface area contributed by atoms with Crippen molar-refractivity contribution >= 4 is 0 Å². The van der Waals surface area contributed by atoms with Gasteiger partial charge in [0.25, 0.3) is 0 Å². The van der Waals surface area contributed by atoms with Gasteiger partial charge in [-0.15, -0.1) is 0 Å². The van der Waals surface area contributed by atoms with Crippen molar-refractivity contribution in [3.8, 4) is 0 Å². The smallest absolute Gasteiger partial charge is 0.0167 e. The summed E-state index contributed by atoms with van der Waals surface area (Å²) in [6.45, 7) is 15.7. The predicted molar refractivity (Wildman–Crippen MR) is 84.7 cm³/mol. The van der Waals surface area contributed by atoms with Crippen LogP contribution in [0.1, 0.15) is 40.2 Å². The van der Waals surface area contributed by atoms with E-state index in [1.165, 1.54) is 5.56 Å². The average molecular weight is 262 g/mol. The van der Waals surface area contributed by atoms with E-state index in [2.05, 4.69) is 75.2 Å². The van der Waals surface area contributed by atoms with E-state index in [1.807, 2.05) is 0 Å². The van der Waals surface area contributed by atoms with Crippen LogP contribution in [-0.4, -0.2) is 37.1 Å². The summed E-state index contributed by atoms with van der Waals surface area (Å²) in [7, 11) is 0. The SMILES string of the molecule is CCN(CC)CC(C)NCC(C)(C)c1ccccc1. The summed E-state index contributed by atoms with van der Waals surface area (Å²) in [5, 5.41) is 3.68. The third-order valence-electron chi connectivity index (χ3n) is 3.87. The second-order valence-electron chi connectivity index (χ2n) is 6.02. The van der Waals surface area contributed by atoms with Crippen LogP contribution in [0, 0.1) is 0 Å². The molecule has 1 unspecified atom stereocenters. The summed E-state index contributed by atoms with van der Waals surface area (Å²) >= 11 is 0. The van der Waals surface area contributed by atoms with Crippen LogP contribution in [0.4, 0.5) is 0 Å². The van der Waals surface area contributed by atoms with E-state index in [0.717, 1.165) is 26.2 Å². The largest absolute Gasteiger partial charge is 0.312 e. The van der Waals surface area contributed by atoms with E-state index in [0.29, 0.717) is 6.04 Å². The van der Waals surface area contributed by atoms with Crippen LogP contribution in [0.15, 0.2) is 30.3 Å². The Morgan fingerprint density at radius 1 is 1.11 bits per heavy atom. The highest BCUT2D eigenvalue weighted by Crippen LogP contribution is 2.21. The van der Waals surface area contributed by atoms with Crippen LogP contribution >= 0.6 is 0 Å². The van der Waals surface area contributed by atoms with Gasteiger partial charge in [0, 0.05) is 24.5 Å². The fourth-order valence-electron chi connectivity index (χ4n) is 2.35. The van der Waals surface area contributed by atoms with Crippen LogP contribution in [0.3, 0.4) is 0 Å². The van der Waals surface area contributed by atoms with Crippen LogP contribution < -0.4 is 5.32 Å². The minimum atomic E-state index is 0.179. The number of nitrogens with one attached hydrogen (secondary N) is 1. The molecular formula is C17H30N2. The molecule has 0 aliphatic heterocycles. The highest BCUT2D eigenvalue weighted by molar-refractivity contribution is 5.23. The van der Waals surface area contributed by atoms with Gasteiger partial charge in [0.1, 0.15) is 0 Å². The lowest BCUT2D eigenvalue weighted by Gasteiger charge is -2.30. The van der Waals surface area contributed by atoms with Crippen LogP contribution in [0.5, 0.6) is 0 Å². The van der Waals surface area contributed by atoms with E-state index < -0.39 is 0 Å². The summed E-state index contributed by atoms with van der Waals surface area (Å²) < 4.78 is 0. The third kappa shape index (κ3) is 5.33. The third-order valence-corrected chi connectivity index (χ3v) is 3.87. The Labute approximate surface area is 119 Å². The molecule has 0 spiro atoms. The van der Waals surface area contributed by atoms with Crippen molar-refractivity contribution in [1.29, 1.82) is 0 Å². The van der Waals surface area contributed by atoms with Gasteiger partial charge < -0.3 is 10.2 Å². The van der Waals surface area contributed by atoms with Gasteiger partial charge in [0.2, 0.25) is 0 Å². The lowest BCUT2D eigenvalue weighted by atomic mass is 9.84. The number of likely N-dealkylation sites (N-methyl/N-ethyl adjacent to an activating group) is 1. The molecule has 0 bridgehead atoms. The number of hydrogen-bond acceptors (Lipinski definition) is 2. The van der Waals surface area contributed by atoms with E-state index in [9.17, 15) is 0 Å². The molecule has 1 aromatic rings. The van der Waals surface area contributed by atoms with Crippen molar-refractivity contribution in [2.24, 2.45) is 0 Å². The second-order valence-corrected chi connectivity index (χ2v) is 6.02. The van der Waals surface area contributed by atoms with Gasteiger partial charge in [0.15, 0.2) is 0 Å². The van der Waals surface area contributed by atoms with Crippen LogP contribution in [0.25, 0.3) is 0 Å². The molecule has 1 aromatic carbocycles. The first-order valence-electron chi connectivity index (χ1n) is 7.50. The van der Waals surface area contributed by atoms with Gasteiger partial charge >= 0.3 is 0 Å². The van der Waals surface area contributed by atoms with Gasteiger partial charge in [0.05, 0.1) is 0 Å². The lowest BCUT2D eigenvalue weighted by Crippen LogP contribution is -2.43. The fourth-order valence-corrected chi connectivity index (χ4v) is 2.35. The molecular weight excluding hydrogens is 232 g/mol. The normalized spacial score (nSPS) is 13.8. The summed E-state index contributed by atoms with van der Waals surface area (Å²) in [6.07, 6.45) is 0. The van der Waals surface area contributed by atoms with Gasteiger partial charge in [-0.25, -0.2) is 0 Å². The Kier molecular flexibility index (Phi) is 6.53. The number of rotatable bonds is 8. The van der Waals surface area contributed by atoms with E-state index in [1.54, 1.807) is 0 Å². The first kappa shape index (κ1) is 16.2. The molecule has 0 heterocycles. The lowest BCUT2D eigenvalue weighted by molar-refractivity contribution is 0.264. The Hall–Kier alpha value is -0.860. The van der Waals surface area contributed by atoms with Crippen molar-refractivity contribution < 1.29 is 0 Å². The summed E-state index contributed by atoms with van der Waals surface area (Å²) in [5.41, 5.74) is 1.58. The van der Waals surface area contributed by atoms with E-state index >= 15 is 0 Å². The Balaban J connectivity index is 2.47. The second kappa shape index (κ2) is 7.66. The average Bonchev–Trinajstić information content (AvgIpc) is 2.43. The fraction of sp³-hybridized carbons (Fsp3) is 0.647. The number of hydrogen-bond donors (Lipinski definition) is 1. The van der Waals surface area contributed by atoms with E-state index in [4.69, 9.17) is 0 Å². The molecule has 1 atom stereocenters. The standard InChI is InChI=1S/C17H30N2/c1-6-19(7-2)13-15(3)18-14-17(4,5)16-11-9-8-10-12-16/h8-12,15,18H,6-7,13-14H2,1-5H3. The highest BCUT2D eigenvalue weighted by atomic mass is 15.1. The monoisotopic (exact) mass is 262 g/mol. The quantitative estimate of drug-likeness (QED) is 0.773. The molecule has 0 aliphatic carbocycles. The van der Waals surface area contributed by atoms with Gasteiger partial charge in [-0.1, -0.05) is 58.0 Å². The first-order chi connectivity index (χ1) is 8.99. The number of nitrogens with zero attached hydrogens (tertiary/aromatic N) is 1. The summed E-state index contributed by atoms with van der Waals surface area (Å²) in [5.74, 6) is 0. The molecule has 1 N–H and O–H groups in total. The highest BCUT2D eigenvalue weighted by Gasteiger charge is 2.20. The van der Waals surface area contributed by atoms with Crippen molar-refractivity contribution in [2.75, 3.05) is 26.2 Å².